The van der Waals surface area contributed by atoms with E-state index in [9.17, 15) is 0 Å². The summed E-state index contributed by atoms with van der Waals surface area (Å²) in [6.45, 7) is 5.43. The van der Waals surface area contributed by atoms with Crippen LogP contribution in [0.3, 0.4) is 0 Å². The lowest BCUT2D eigenvalue weighted by Crippen LogP contribution is -2.47. The molecule has 0 unspecified atom stereocenters. The summed E-state index contributed by atoms with van der Waals surface area (Å²) in [5, 5.41) is 0. The lowest BCUT2D eigenvalue weighted by molar-refractivity contribution is 0.260. The molecule has 4 nitrogen and oxygen atoms in total. The smallest absolute Gasteiger partial charge is 0.128 e. The molecule has 0 radical (unpaired) electrons. The van der Waals surface area contributed by atoms with Gasteiger partial charge in [-0.15, -0.1) is 0 Å². The first-order valence-corrected chi connectivity index (χ1v) is 7.54. The number of aromatic nitrogens is 1. The second kappa shape index (κ2) is 6.59. The number of piperazine rings is 1. The van der Waals surface area contributed by atoms with E-state index in [0.29, 0.717) is 0 Å². The zero-order chi connectivity index (χ0) is 14.5. The van der Waals surface area contributed by atoms with E-state index >= 15 is 0 Å². The first-order valence-electron chi connectivity index (χ1n) is 7.54. The number of hydrogen-bond donors (Lipinski definition) is 1. The van der Waals surface area contributed by atoms with Gasteiger partial charge in [0, 0.05) is 44.6 Å². The Hall–Kier alpha value is -2.07. The van der Waals surface area contributed by atoms with Crippen LogP contribution in [-0.2, 0) is 6.42 Å². The van der Waals surface area contributed by atoms with E-state index in [1.165, 1.54) is 5.56 Å². The molecule has 1 aliphatic heterocycles. The van der Waals surface area contributed by atoms with Crippen LogP contribution >= 0.6 is 0 Å². The van der Waals surface area contributed by atoms with Gasteiger partial charge in [-0.25, -0.2) is 4.98 Å². The number of pyridine rings is 1. The summed E-state index contributed by atoms with van der Waals surface area (Å²) in [5.74, 6) is 1.09. The third-order valence-electron chi connectivity index (χ3n) is 4.04. The van der Waals surface area contributed by atoms with Gasteiger partial charge in [-0.2, -0.15) is 0 Å². The minimum absolute atomic E-state index is 0.836. The van der Waals surface area contributed by atoms with E-state index in [4.69, 9.17) is 5.73 Å². The number of hydrogen-bond acceptors (Lipinski definition) is 4. The summed E-state index contributed by atoms with van der Waals surface area (Å²) < 4.78 is 0. The average Bonchev–Trinajstić information content (AvgIpc) is 2.56. The molecule has 4 heteroatoms. The molecule has 2 N–H and O–H groups in total. The number of benzene rings is 1. The molecule has 0 saturated carbocycles. The SMILES string of the molecule is Nc1ccc(CCN2CCN(c3ccccn3)CC2)cc1. The standard InChI is InChI=1S/C17H22N4/c18-16-6-4-15(5-7-16)8-10-20-11-13-21(14-12-20)17-3-1-2-9-19-17/h1-7,9H,8,10-14,18H2. The number of nitrogen functional groups attached to an aromatic ring is 1. The van der Waals surface area contributed by atoms with Crippen molar-refractivity contribution in [3.05, 3.63) is 54.2 Å². The molecule has 2 aromatic rings. The molecule has 1 fully saturated rings. The van der Waals surface area contributed by atoms with Gasteiger partial charge in [0.25, 0.3) is 0 Å². The zero-order valence-corrected chi connectivity index (χ0v) is 12.3. The fourth-order valence-electron chi connectivity index (χ4n) is 2.71. The summed E-state index contributed by atoms with van der Waals surface area (Å²) in [6, 6.07) is 14.3. The lowest BCUT2D eigenvalue weighted by Gasteiger charge is -2.35. The number of anilines is 2. The van der Waals surface area contributed by atoms with Crippen LogP contribution in [0.2, 0.25) is 0 Å². The summed E-state index contributed by atoms with van der Waals surface area (Å²) in [7, 11) is 0. The molecule has 1 aliphatic rings. The lowest BCUT2D eigenvalue weighted by atomic mass is 10.1. The predicted molar refractivity (Wildman–Crippen MR) is 87.4 cm³/mol. The molecule has 0 spiro atoms. The topological polar surface area (TPSA) is 45.4 Å². The van der Waals surface area contributed by atoms with Crippen molar-refractivity contribution in [3.8, 4) is 0 Å². The third kappa shape index (κ3) is 3.73. The van der Waals surface area contributed by atoms with Gasteiger partial charge in [-0.3, -0.25) is 4.90 Å². The Morgan fingerprint density at radius 2 is 1.71 bits per heavy atom. The molecule has 21 heavy (non-hydrogen) atoms. The van der Waals surface area contributed by atoms with Crippen molar-refractivity contribution >= 4 is 11.5 Å². The Balaban J connectivity index is 1.47. The van der Waals surface area contributed by atoms with Crippen molar-refractivity contribution in [3.63, 3.8) is 0 Å². The van der Waals surface area contributed by atoms with Crippen LogP contribution in [0.25, 0.3) is 0 Å². The highest BCUT2D eigenvalue weighted by Gasteiger charge is 2.17. The van der Waals surface area contributed by atoms with Crippen molar-refractivity contribution in [1.82, 2.24) is 9.88 Å². The second-order valence-electron chi connectivity index (χ2n) is 5.51. The Labute approximate surface area is 126 Å². The van der Waals surface area contributed by atoms with Crippen LogP contribution in [0, 0.1) is 0 Å². The van der Waals surface area contributed by atoms with Crippen molar-refractivity contribution < 1.29 is 0 Å². The summed E-state index contributed by atoms with van der Waals surface area (Å²) in [4.78, 5) is 9.31. The molecular weight excluding hydrogens is 260 g/mol. The van der Waals surface area contributed by atoms with Crippen molar-refractivity contribution in [1.29, 1.82) is 0 Å². The molecule has 110 valence electrons. The maximum atomic E-state index is 5.71. The van der Waals surface area contributed by atoms with E-state index in [0.717, 1.165) is 50.6 Å². The third-order valence-corrected chi connectivity index (χ3v) is 4.04. The molecule has 1 saturated heterocycles. The highest BCUT2D eigenvalue weighted by molar-refractivity contribution is 5.39. The summed E-state index contributed by atoms with van der Waals surface area (Å²) >= 11 is 0. The Kier molecular flexibility index (Phi) is 4.36. The maximum absolute atomic E-state index is 5.71. The first-order chi connectivity index (χ1) is 10.3. The van der Waals surface area contributed by atoms with Crippen LogP contribution in [0.5, 0.6) is 0 Å². The molecule has 0 aliphatic carbocycles. The molecule has 3 rings (SSSR count). The number of rotatable bonds is 4. The second-order valence-corrected chi connectivity index (χ2v) is 5.51. The fraction of sp³-hybridized carbons (Fsp3) is 0.353. The quantitative estimate of drug-likeness (QED) is 0.872. The highest BCUT2D eigenvalue weighted by atomic mass is 15.3. The van der Waals surface area contributed by atoms with Gasteiger partial charge < -0.3 is 10.6 Å². The van der Waals surface area contributed by atoms with Crippen LogP contribution in [0.1, 0.15) is 5.56 Å². The van der Waals surface area contributed by atoms with Gasteiger partial charge in [-0.05, 0) is 36.2 Å². The van der Waals surface area contributed by atoms with Crippen molar-refractivity contribution in [2.75, 3.05) is 43.4 Å². The summed E-state index contributed by atoms with van der Waals surface area (Å²) in [6.07, 6.45) is 2.95. The van der Waals surface area contributed by atoms with E-state index in [-0.39, 0.29) is 0 Å². The Morgan fingerprint density at radius 1 is 0.952 bits per heavy atom. The van der Waals surface area contributed by atoms with Gasteiger partial charge in [0.05, 0.1) is 0 Å². The van der Waals surface area contributed by atoms with Gasteiger partial charge >= 0.3 is 0 Å². The molecule has 1 aromatic heterocycles. The molecule has 0 bridgehead atoms. The summed E-state index contributed by atoms with van der Waals surface area (Å²) in [5.41, 5.74) is 7.91. The molecule has 1 aromatic carbocycles. The van der Waals surface area contributed by atoms with Crippen molar-refractivity contribution in [2.45, 2.75) is 6.42 Å². The molecule has 0 atom stereocenters. The van der Waals surface area contributed by atoms with E-state index < -0.39 is 0 Å². The Morgan fingerprint density at radius 3 is 2.38 bits per heavy atom. The van der Waals surface area contributed by atoms with Gasteiger partial charge in [0.15, 0.2) is 0 Å². The van der Waals surface area contributed by atoms with Crippen LogP contribution < -0.4 is 10.6 Å². The normalized spacial score (nSPS) is 16.1. The molecular formula is C17H22N4. The number of nitrogens with two attached hydrogens (primary N) is 1. The highest BCUT2D eigenvalue weighted by Crippen LogP contribution is 2.13. The van der Waals surface area contributed by atoms with E-state index in [1.54, 1.807) is 0 Å². The van der Waals surface area contributed by atoms with Crippen LogP contribution in [0.4, 0.5) is 11.5 Å². The predicted octanol–water partition coefficient (Wildman–Crippen LogP) is 2.03. The van der Waals surface area contributed by atoms with Crippen LogP contribution in [-0.4, -0.2) is 42.6 Å². The Bertz CT molecular complexity index is 545. The minimum Gasteiger partial charge on any atom is -0.399 e. The van der Waals surface area contributed by atoms with Crippen LogP contribution in [0.15, 0.2) is 48.7 Å². The maximum Gasteiger partial charge on any atom is 0.128 e. The largest absolute Gasteiger partial charge is 0.399 e. The number of nitrogens with zero attached hydrogens (tertiary/aromatic N) is 3. The fourth-order valence-corrected chi connectivity index (χ4v) is 2.71. The molecule has 0 amide bonds. The zero-order valence-electron chi connectivity index (χ0n) is 12.3. The van der Waals surface area contributed by atoms with Crippen molar-refractivity contribution in [2.24, 2.45) is 0 Å². The van der Waals surface area contributed by atoms with E-state index in [2.05, 4.69) is 39.0 Å². The monoisotopic (exact) mass is 282 g/mol. The van der Waals surface area contributed by atoms with E-state index in [1.807, 2.05) is 24.4 Å². The molecule has 2 heterocycles. The van der Waals surface area contributed by atoms with Gasteiger partial charge in [0.1, 0.15) is 5.82 Å². The average molecular weight is 282 g/mol. The van der Waals surface area contributed by atoms with Gasteiger partial charge in [0.2, 0.25) is 0 Å². The first kappa shape index (κ1) is 13.9. The van der Waals surface area contributed by atoms with Gasteiger partial charge in [-0.1, -0.05) is 18.2 Å². The minimum atomic E-state index is 0.836.